The van der Waals surface area contributed by atoms with Crippen LogP contribution < -0.4 is 0 Å². The van der Waals surface area contributed by atoms with Crippen molar-refractivity contribution in [2.45, 2.75) is 26.7 Å². The van der Waals surface area contributed by atoms with E-state index in [9.17, 15) is 14.4 Å². The van der Waals surface area contributed by atoms with Crippen molar-refractivity contribution in [1.29, 1.82) is 0 Å². The molecular formula is C15H18O5. The van der Waals surface area contributed by atoms with Crippen molar-refractivity contribution in [3.63, 3.8) is 0 Å². The molecule has 0 aliphatic carbocycles. The normalized spacial score (nSPS) is 10.2. The highest BCUT2D eigenvalue weighted by atomic mass is 16.5. The molecule has 1 aromatic rings. The molecule has 0 amide bonds. The fourth-order valence-electron chi connectivity index (χ4n) is 1.71. The zero-order chi connectivity index (χ0) is 15.1. The Hall–Kier alpha value is -2.01. The van der Waals surface area contributed by atoms with Crippen LogP contribution in [0, 0.1) is 0 Å². The first-order valence-corrected chi connectivity index (χ1v) is 6.46. The van der Waals surface area contributed by atoms with Gasteiger partial charge in [-0.15, -0.1) is 0 Å². The molecule has 0 saturated carbocycles. The lowest BCUT2D eigenvalue weighted by Crippen LogP contribution is -2.10. The first-order chi connectivity index (χ1) is 9.49. The molecule has 0 unspecified atom stereocenters. The van der Waals surface area contributed by atoms with E-state index in [2.05, 4.69) is 0 Å². The van der Waals surface area contributed by atoms with Gasteiger partial charge in [0.25, 0.3) is 0 Å². The predicted octanol–water partition coefficient (Wildman–Crippen LogP) is 2.02. The molecule has 5 heteroatoms. The average Bonchev–Trinajstić information content (AvgIpc) is 2.44. The minimum Gasteiger partial charge on any atom is -0.462 e. The van der Waals surface area contributed by atoms with E-state index in [0.717, 1.165) is 0 Å². The second-order valence-corrected chi connectivity index (χ2v) is 4.33. The lowest BCUT2D eigenvalue weighted by atomic mass is 9.99. The van der Waals surface area contributed by atoms with Gasteiger partial charge in [-0.3, -0.25) is 9.59 Å². The summed E-state index contributed by atoms with van der Waals surface area (Å²) in [7, 11) is 0. The predicted molar refractivity (Wildman–Crippen MR) is 73.1 cm³/mol. The van der Waals surface area contributed by atoms with Gasteiger partial charge in [0, 0.05) is 24.2 Å². The number of aliphatic hydroxyl groups is 1. The van der Waals surface area contributed by atoms with Crippen LogP contribution in [0.5, 0.6) is 0 Å². The molecule has 0 aromatic heterocycles. The largest absolute Gasteiger partial charge is 0.462 e. The molecule has 0 spiro atoms. The number of Topliss-reactive ketones (excluding diaryl/α,β-unsaturated/α-hetero) is 2. The van der Waals surface area contributed by atoms with Gasteiger partial charge < -0.3 is 9.84 Å². The van der Waals surface area contributed by atoms with Gasteiger partial charge in [-0.1, -0.05) is 0 Å². The van der Waals surface area contributed by atoms with E-state index in [0.29, 0.717) is 12.0 Å². The highest BCUT2D eigenvalue weighted by molar-refractivity contribution is 6.04. The van der Waals surface area contributed by atoms with Crippen molar-refractivity contribution in [1.82, 2.24) is 0 Å². The van der Waals surface area contributed by atoms with Crippen LogP contribution in [0.3, 0.4) is 0 Å². The van der Waals surface area contributed by atoms with Crippen molar-refractivity contribution < 1.29 is 24.2 Å². The van der Waals surface area contributed by atoms with E-state index in [-0.39, 0.29) is 42.3 Å². The third kappa shape index (κ3) is 4.28. The van der Waals surface area contributed by atoms with Gasteiger partial charge in [-0.05, 0) is 38.5 Å². The number of ketones is 2. The number of benzene rings is 1. The highest BCUT2D eigenvalue weighted by Crippen LogP contribution is 2.15. The molecule has 0 atom stereocenters. The van der Waals surface area contributed by atoms with Crippen LogP contribution in [0.4, 0.5) is 0 Å². The highest BCUT2D eigenvalue weighted by Gasteiger charge is 2.15. The molecule has 1 aromatic carbocycles. The Morgan fingerprint density at radius 2 is 1.70 bits per heavy atom. The molecule has 1 rings (SSSR count). The lowest BCUT2D eigenvalue weighted by molar-refractivity contribution is 0.0526. The van der Waals surface area contributed by atoms with Crippen molar-refractivity contribution in [3.05, 3.63) is 34.9 Å². The zero-order valence-corrected chi connectivity index (χ0v) is 11.6. The number of carbonyl (C=O) groups is 3. The molecule has 0 aliphatic rings. The van der Waals surface area contributed by atoms with Crippen LogP contribution >= 0.6 is 0 Å². The quantitative estimate of drug-likeness (QED) is 0.609. The second kappa shape index (κ2) is 7.55. The maximum absolute atomic E-state index is 11.9. The molecule has 0 saturated heterocycles. The molecule has 0 radical (unpaired) electrons. The topological polar surface area (TPSA) is 80.7 Å². The molecule has 108 valence electrons. The van der Waals surface area contributed by atoms with Crippen LogP contribution in [0.1, 0.15) is 57.8 Å². The van der Waals surface area contributed by atoms with Gasteiger partial charge in [0.05, 0.1) is 12.2 Å². The van der Waals surface area contributed by atoms with E-state index in [1.807, 2.05) is 0 Å². The number of esters is 1. The maximum atomic E-state index is 11.9. The Morgan fingerprint density at radius 3 is 2.25 bits per heavy atom. The van der Waals surface area contributed by atoms with E-state index in [4.69, 9.17) is 9.84 Å². The fourth-order valence-corrected chi connectivity index (χ4v) is 1.71. The summed E-state index contributed by atoms with van der Waals surface area (Å²) in [6, 6.07) is 4.30. The molecule has 5 nitrogen and oxygen atoms in total. The first-order valence-electron chi connectivity index (χ1n) is 6.46. The van der Waals surface area contributed by atoms with Crippen LogP contribution in [-0.2, 0) is 4.74 Å². The SMILES string of the molecule is CCOC(=O)c1cc(C(C)=O)cc(C(=O)CCCO)c1. The summed E-state index contributed by atoms with van der Waals surface area (Å²) in [5.74, 6) is -1.01. The maximum Gasteiger partial charge on any atom is 0.338 e. The summed E-state index contributed by atoms with van der Waals surface area (Å²) >= 11 is 0. The van der Waals surface area contributed by atoms with Crippen molar-refractivity contribution in [2.24, 2.45) is 0 Å². The summed E-state index contributed by atoms with van der Waals surface area (Å²) in [5.41, 5.74) is 0.768. The van der Waals surface area contributed by atoms with Crippen LogP contribution in [0.2, 0.25) is 0 Å². The summed E-state index contributed by atoms with van der Waals surface area (Å²) in [5, 5.41) is 8.74. The number of hydrogen-bond donors (Lipinski definition) is 1. The molecule has 0 fully saturated rings. The van der Waals surface area contributed by atoms with Gasteiger partial charge in [0.1, 0.15) is 0 Å². The summed E-state index contributed by atoms with van der Waals surface area (Å²) in [4.78, 5) is 35.1. The van der Waals surface area contributed by atoms with Crippen molar-refractivity contribution in [2.75, 3.05) is 13.2 Å². The second-order valence-electron chi connectivity index (χ2n) is 4.33. The Labute approximate surface area is 117 Å². The monoisotopic (exact) mass is 278 g/mol. The smallest absolute Gasteiger partial charge is 0.338 e. The van der Waals surface area contributed by atoms with Crippen LogP contribution in [0.15, 0.2) is 18.2 Å². The minimum absolute atomic E-state index is 0.0805. The van der Waals surface area contributed by atoms with E-state index < -0.39 is 5.97 Å². The van der Waals surface area contributed by atoms with Gasteiger partial charge in [0.2, 0.25) is 0 Å². The zero-order valence-electron chi connectivity index (χ0n) is 11.6. The number of ether oxygens (including phenoxy) is 1. The standard InChI is InChI=1S/C15H18O5/c1-3-20-15(19)13-8-11(10(2)17)7-12(9-13)14(18)5-4-6-16/h7-9,16H,3-6H2,1-2H3. The van der Waals surface area contributed by atoms with Gasteiger partial charge in [0.15, 0.2) is 11.6 Å². The summed E-state index contributed by atoms with van der Waals surface area (Å²) in [6.07, 6.45) is 0.512. The Balaban J connectivity index is 3.14. The Kier molecular flexibility index (Phi) is 6.06. The van der Waals surface area contributed by atoms with Crippen LogP contribution in [0.25, 0.3) is 0 Å². The van der Waals surface area contributed by atoms with Crippen molar-refractivity contribution >= 4 is 17.5 Å². The first kappa shape index (κ1) is 16.0. The number of hydrogen-bond acceptors (Lipinski definition) is 5. The molecule has 0 heterocycles. The number of aliphatic hydroxyl groups excluding tert-OH is 1. The molecule has 20 heavy (non-hydrogen) atoms. The molecule has 0 bridgehead atoms. The number of rotatable bonds is 7. The van der Waals surface area contributed by atoms with Gasteiger partial charge in [-0.25, -0.2) is 4.79 Å². The molecule has 1 N–H and O–H groups in total. The number of carbonyl (C=O) groups excluding carboxylic acids is 3. The van der Waals surface area contributed by atoms with Gasteiger partial charge >= 0.3 is 5.97 Å². The Morgan fingerprint density at radius 1 is 1.10 bits per heavy atom. The molecule has 0 aliphatic heterocycles. The van der Waals surface area contributed by atoms with E-state index in [1.54, 1.807) is 6.92 Å². The average molecular weight is 278 g/mol. The third-order valence-electron chi connectivity index (χ3n) is 2.73. The fraction of sp³-hybridized carbons (Fsp3) is 0.400. The van der Waals surface area contributed by atoms with E-state index in [1.165, 1.54) is 25.1 Å². The third-order valence-corrected chi connectivity index (χ3v) is 2.73. The van der Waals surface area contributed by atoms with Crippen molar-refractivity contribution in [3.8, 4) is 0 Å². The Bertz CT molecular complexity index is 519. The molecular weight excluding hydrogens is 260 g/mol. The summed E-state index contributed by atoms with van der Waals surface area (Å²) < 4.78 is 4.88. The lowest BCUT2D eigenvalue weighted by Gasteiger charge is -2.07. The summed E-state index contributed by atoms with van der Waals surface area (Å²) in [6.45, 7) is 3.19. The van der Waals surface area contributed by atoms with Gasteiger partial charge in [-0.2, -0.15) is 0 Å². The van der Waals surface area contributed by atoms with E-state index >= 15 is 0 Å². The van der Waals surface area contributed by atoms with Crippen LogP contribution in [-0.4, -0.2) is 35.9 Å². The minimum atomic E-state index is -0.563.